The summed E-state index contributed by atoms with van der Waals surface area (Å²) in [4.78, 5) is 24.4. The van der Waals surface area contributed by atoms with E-state index in [9.17, 15) is 9.59 Å². The molecule has 0 spiro atoms. The van der Waals surface area contributed by atoms with Crippen LogP contribution >= 0.6 is 0 Å². The smallest absolute Gasteiger partial charge is 0.224 e. The molecule has 2 N–H and O–H groups in total. The molecule has 5 heteroatoms. The Balaban J connectivity index is 1.42. The highest BCUT2D eigenvalue weighted by Gasteiger charge is 2.47. The molecule has 2 unspecified atom stereocenters. The van der Waals surface area contributed by atoms with Gasteiger partial charge in [0, 0.05) is 13.1 Å². The predicted octanol–water partition coefficient (Wildman–Crippen LogP) is 2.57. The lowest BCUT2D eigenvalue weighted by Gasteiger charge is -2.07. The minimum absolute atomic E-state index is 0.0453. The van der Waals surface area contributed by atoms with E-state index in [0.29, 0.717) is 19.5 Å². The second-order valence-corrected chi connectivity index (χ2v) is 6.72. The second-order valence-electron chi connectivity index (χ2n) is 6.72. The summed E-state index contributed by atoms with van der Waals surface area (Å²) in [7, 11) is 1.62. The molecule has 0 aliphatic heterocycles. The minimum Gasteiger partial charge on any atom is -0.497 e. The fraction of sp³-hybridized carbons (Fsp3) is 0.333. The number of hydrogen-bond donors (Lipinski definition) is 2. The van der Waals surface area contributed by atoms with E-state index >= 15 is 0 Å². The lowest BCUT2D eigenvalue weighted by molar-refractivity contribution is -0.127. The maximum atomic E-state index is 12.2. The van der Waals surface area contributed by atoms with Crippen molar-refractivity contribution in [1.29, 1.82) is 0 Å². The number of amides is 2. The van der Waals surface area contributed by atoms with Gasteiger partial charge in [0.1, 0.15) is 5.75 Å². The summed E-state index contributed by atoms with van der Waals surface area (Å²) >= 11 is 0. The van der Waals surface area contributed by atoms with Crippen molar-refractivity contribution >= 4 is 11.8 Å². The van der Waals surface area contributed by atoms with Gasteiger partial charge < -0.3 is 15.4 Å². The van der Waals surface area contributed by atoms with Crippen LogP contribution in [0.5, 0.6) is 5.75 Å². The molecule has 0 radical (unpaired) electrons. The van der Waals surface area contributed by atoms with E-state index in [-0.39, 0.29) is 23.7 Å². The van der Waals surface area contributed by atoms with Crippen LogP contribution in [0, 0.1) is 18.8 Å². The van der Waals surface area contributed by atoms with Crippen molar-refractivity contribution in [3.63, 3.8) is 0 Å². The molecule has 3 rings (SSSR count). The van der Waals surface area contributed by atoms with Crippen LogP contribution in [0.25, 0.3) is 0 Å². The molecular formula is C21H24N2O3. The summed E-state index contributed by atoms with van der Waals surface area (Å²) in [6.45, 7) is 2.98. The third kappa shape index (κ3) is 4.63. The second kappa shape index (κ2) is 8.04. The summed E-state index contributed by atoms with van der Waals surface area (Å²) in [5, 5.41) is 5.83. The SMILES string of the molecule is COc1ccc(CNC(=O)C2CC2C(=O)NCc2cccc(C)c2)cc1. The molecular weight excluding hydrogens is 328 g/mol. The van der Waals surface area contributed by atoms with Gasteiger partial charge >= 0.3 is 0 Å². The predicted molar refractivity (Wildman–Crippen MR) is 99.5 cm³/mol. The first-order valence-electron chi connectivity index (χ1n) is 8.80. The molecule has 1 aliphatic carbocycles. The van der Waals surface area contributed by atoms with Gasteiger partial charge in [-0.3, -0.25) is 9.59 Å². The van der Waals surface area contributed by atoms with Gasteiger partial charge in [-0.2, -0.15) is 0 Å². The summed E-state index contributed by atoms with van der Waals surface area (Å²) in [6.07, 6.45) is 0.619. The van der Waals surface area contributed by atoms with Crippen molar-refractivity contribution in [3.05, 3.63) is 65.2 Å². The number of methoxy groups -OCH3 is 1. The Hall–Kier alpha value is -2.82. The average molecular weight is 352 g/mol. The zero-order chi connectivity index (χ0) is 18.5. The Morgan fingerprint density at radius 2 is 1.58 bits per heavy atom. The van der Waals surface area contributed by atoms with Crippen molar-refractivity contribution in [2.45, 2.75) is 26.4 Å². The highest BCUT2D eigenvalue weighted by Crippen LogP contribution is 2.38. The standard InChI is InChI=1S/C21H24N2O3/c1-14-4-3-5-16(10-14)13-23-21(25)19-11-18(19)20(24)22-12-15-6-8-17(26-2)9-7-15/h3-10,18-19H,11-13H2,1-2H3,(H,22,24)(H,23,25). The summed E-state index contributed by atoms with van der Waals surface area (Å²) in [5.41, 5.74) is 3.23. The van der Waals surface area contributed by atoms with E-state index in [0.717, 1.165) is 16.9 Å². The Morgan fingerprint density at radius 1 is 0.962 bits per heavy atom. The number of benzene rings is 2. The fourth-order valence-corrected chi connectivity index (χ4v) is 2.98. The van der Waals surface area contributed by atoms with Gasteiger partial charge in [-0.15, -0.1) is 0 Å². The minimum atomic E-state index is -0.217. The van der Waals surface area contributed by atoms with Crippen LogP contribution in [-0.4, -0.2) is 18.9 Å². The average Bonchev–Trinajstić information content (AvgIpc) is 3.46. The lowest BCUT2D eigenvalue weighted by atomic mass is 10.1. The Bertz CT molecular complexity index is 786. The van der Waals surface area contributed by atoms with E-state index < -0.39 is 0 Å². The maximum Gasteiger partial charge on any atom is 0.224 e. The zero-order valence-corrected chi connectivity index (χ0v) is 15.1. The first-order chi connectivity index (χ1) is 12.6. The van der Waals surface area contributed by atoms with E-state index in [1.165, 1.54) is 5.56 Å². The number of nitrogens with one attached hydrogen (secondary N) is 2. The molecule has 26 heavy (non-hydrogen) atoms. The van der Waals surface area contributed by atoms with E-state index in [1.807, 2.05) is 55.5 Å². The first-order valence-corrected chi connectivity index (χ1v) is 8.80. The molecule has 2 aromatic carbocycles. The molecule has 2 atom stereocenters. The molecule has 0 saturated heterocycles. The van der Waals surface area contributed by atoms with Crippen molar-refractivity contribution in [1.82, 2.24) is 10.6 Å². The number of carbonyl (C=O) groups excluding carboxylic acids is 2. The van der Waals surface area contributed by atoms with E-state index in [1.54, 1.807) is 7.11 Å². The molecule has 0 bridgehead atoms. The summed E-state index contributed by atoms with van der Waals surface area (Å²) < 4.78 is 5.11. The molecule has 1 fully saturated rings. The molecule has 2 amide bonds. The number of hydrogen-bond acceptors (Lipinski definition) is 3. The number of aryl methyl sites for hydroxylation is 1. The van der Waals surface area contributed by atoms with Gasteiger partial charge in [-0.25, -0.2) is 0 Å². The van der Waals surface area contributed by atoms with Gasteiger partial charge in [0.25, 0.3) is 0 Å². The Kier molecular flexibility index (Phi) is 5.56. The van der Waals surface area contributed by atoms with Crippen molar-refractivity contribution in [2.24, 2.45) is 11.8 Å². The molecule has 0 heterocycles. The molecule has 0 aromatic heterocycles. The van der Waals surface area contributed by atoms with Crippen LogP contribution in [0.2, 0.25) is 0 Å². The molecule has 2 aromatic rings. The molecule has 1 aliphatic rings. The van der Waals surface area contributed by atoms with Crippen LogP contribution in [0.4, 0.5) is 0 Å². The van der Waals surface area contributed by atoms with Gasteiger partial charge in [-0.05, 0) is 36.6 Å². The van der Waals surface area contributed by atoms with Gasteiger partial charge in [0.05, 0.1) is 18.9 Å². The number of ether oxygens (including phenoxy) is 1. The van der Waals surface area contributed by atoms with Gasteiger partial charge in [0.2, 0.25) is 11.8 Å². The van der Waals surface area contributed by atoms with Crippen molar-refractivity contribution < 1.29 is 14.3 Å². The van der Waals surface area contributed by atoms with Crippen LogP contribution in [-0.2, 0) is 22.7 Å². The van der Waals surface area contributed by atoms with Crippen LogP contribution in [0.3, 0.4) is 0 Å². The van der Waals surface area contributed by atoms with Crippen LogP contribution in [0.1, 0.15) is 23.1 Å². The Labute approximate surface area is 153 Å². The monoisotopic (exact) mass is 352 g/mol. The quantitative estimate of drug-likeness (QED) is 0.805. The summed E-state index contributed by atoms with van der Waals surface area (Å²) in [5.74, 6) is 0.252. The summed E-state index contributed by atoms with van der Waals surface area (Å²) in [6, 6.07) is 15.6. The Morgan fingerprint density at radius 3 is 2.15 bits per heavy atom. The van der Waals surface area contributed by atoms with E-state index in [2.05, 4.69) is 10.6 Å². The third-order valence-electron chi connectivity index (χ3n) is 4.64. The van der Waals surface area contributed by atoms with Crippen molar-refractivity contribution in [2.75, 3.05) is 7.11 Å². The largest absolute Gasteiger partial charge is 0.497 e. The highest BCUT2D eigenvalue weighted by atomic mass is 16.5. The van der Waals surface area contributed by atoms with E-state index in [4.69, 9.17) is 4.74 Å². The fourth-order valence-electron chi connectivity index (χ4n) is 2.98. The highest BCUT2D eigenvalue weighted by molar-refractivity contribution is 5.92. The molecule has 5 nitrogen and oxygen atoms in total. The maximum absolute atomic E-state index is 12.2. The topological polar surface area (TPSA) is 67.4 Å². The first kappa shape index (κ1) is 18.0. The zero-order valence-electron chi connectivity index (χ0n) is 15.1. The molecule has 1 saturated carbocycles. The number of carbonyl (C=O) groups is 2. The number of rotatable bonds is 7. The van der Waals surface area contributed by atoms with Gasteiger partial charge in [-0.1, -0.05) is 42.0 Å². The normalized spacial score (nSPS) is 18.1. The van der Waals surface area contributed by atoms with Crippen LogP contribution in [0.15, 0.2) is 48.5 Å². The van der Waals surface area contributed by atoms with Crippen LogP contribution < -0.4 is 15.4 Å². The van der Waals surface area contributed by atoms with Crippen molar-refractivity contribution in [3.8, 4) is 5.75 Å². The van der Waals surface area contributed by atoms with Gasteiger partial charge in [0.15, 0.2) is 0 Å². The molecule has 136 valence electrons. The lowest BCUT2D eigenvalue weighted by Crippen LogP contribution is -2.29. The third-order valence-corrected chi connectivity index (χ3v) is 4.64.